The second kappa shape index (κ2) is 4.57. The maximum Gasteiger partial charge on any atom is 0.147 e. The Morgan fingerprint density at radius 1 is 1.56 bits per heavy atom. The van der Waals surface area contributed by atoms with Crippen molar-refractivity contribution >= 4 is 17.3 Å². The molecule has 88 valence electrons. The summed E-state index contributed by atoms with van der Waals surface area (Å²) in [5.74, 6) is -0.186. The fraction of sp³-hybridized carbons (Fsp3) is 0.455. The molecule has 2 rings (SSSR count). The van der Waals surface area contributed by atoms with Gasteiger partial charge in [-0.15, -0.1) is 0 Å². The van der Waals surface area contributed by atoms with Crippen LogP contribution < -0.4 is 11.1 Å². The number of aliphatic hydroxyl groups is 1. The molecular weight excluding hydrogens is 231 g/mol. The zero-order valence-corrected chi connectivity index (χ0v) is 9.47. The monoisotopic (exact) mass is 244 g/mol. The van der Waals surface area contributed by atoms with Crippen LogP contribution in [0.5, 0.6) is 0 Å². The molecule has 0 saturated heterocycles. The lowest BCUT2D eigenvalue weighted by Gasteiger charge is -2.05. The number of nitrogens with two attached hydrogens (primary N) is 1. The lowest BCUT2D eigenvalue weighted by atomic mass is 10.1. The van der Waals surface area contributed by atoms with E-state index in [1.807, 2.05) is 0 Å². The molecule has 0 amide bonds. The first-order valence-corrected chi connectivity index (χ1v) is 5.60. The minimum atomic E-state index is -0.463. The molecule has 2 atom stereocenters. The molecule has 4 N–H and O–H groups in total. The second-order valence-corrected chi connectivity index (χ2v) is 4.43. The van der Waals surface area contributed by atoms with E-state index in [4.69, 9.17) is 22.4 Å². The van der Waals surface area contributed by atoms with Gasteiger partial charge in [-0.3, -0.25) is 0 Å². The Hall–Kier alpha value is -0.840. The van der Waals surface area contributed by atoms with Gasteiger partial charge in [0.1, 0.15) is 5.82 Å². The molecule has 2 unspecified atom stereocenters. The Morgan fingerprint density at radius 3 is 2.94 bits per heavy atom. The Kier molecular flexibility index (Phi) is 3.33. The van der Waals surface area contributed by atoms with Crippen molar-refractivity contribution in [1.82, 2.24) is 5.32 Å². The third kappa shape index (κ3) is 2.29. The van der Waals surface area contributed by atoms with E-state index < -0.39 is 5.82 Å². The Balaban J connectivity index is 2.07. The van der Waals surface area contributed by atoms with Crippen molar-refractivity contribution in [3.05, 3.63) is 28.5 Å². The maximum atomic E-state index is 13.3. The second-order valence-electron chi connectivity index (χ2n) is 4.02. The van der Waals surface area contributed by atoms with Crippen molar-refractivity contribution in [2.24, 2.45) is 0 Å². The summed E-state index contributed by atoms with van der Waals surface area (Å²) >= 11 is 5.82. The van der Waals surface area contributed by atoms with E-state index in [-0.39, 0.29) is 23.2 Å². The standard InChI is InChI=1S/C11H14ClFN2O/c12-8-3-6(4-9(13)11(8)14)7-5-10(7)15-1-2-16/h3-4,7,10,15-16H,1-2,5,14H2. The summed E-state index contributed by atoms with van der Waals surface area (Å²) in [6.07, 6.45) is 0.944. The molecule has 0 radical (unpaired) electrons. The van der Waals surface area contributed by atoms with E-state index in [1.54, 1.807) is 6.07 Å². The normalized spacial score (nSPS) is 23.4. The predicted octanol–water partition coefficient (Wildman–Crippen LogP) is 1.50. The van der Waals surface area contributed by atoms with Gasteiger partial charge in [0.15, 0.2) is 0 Å². The van der Waals surface area contributed by atoms with E-state index >= 15 is 0 Å². The van der Waals surface area contributed by atoms with Gasteiger partial charge in [-0.25, -0.2) is 4.39 Å². The van der Waals surface area contributed by atoms with Crippen molar-refractivity contribution in [3.8, 4) is 0 Å². The maximum absolute atomic E-state index is 13.3. The molecule has 1 aromatic carbocycles. The third-order valence-electron chi connectivity index (χ3n) is 2.84. The van der Waals surface area contributed by atoms with Crippen LogP contribution in [0.15, 0.2) is 12.1 Å². The topological polar surface area (TPSA) is 58.3 Å². The van der Waals surface area contributed by atoms with Gasteiger partial charge < -0.3 is 16.2 Å². The molecule has 1 aliphatic rings. The van der Waals surface area contributed by atoms with Gasteiger partial charge in [-0.1, -0.05) is 11.6 Å². The number of rotatable bonds is 4. The largest absolute Gasteiger partial charge is 0.395 e. The lowest BCUT2D eigenvalue weighted by molar-refractivity contribution is 0.291. The Bertz CT molecular complexity index is 377. The molecule has 3 nitrogen and oxygen atoms in total. The van der Waals surface area contributed by atoms with Crippen LogP contribution in [-0.4, -0.2) is 24.3 Å². The van der Waals surface area contributed by atoms with Gasteiger partial charge >= 0.3 is 0 Å². The molecule has 0 heterocycles. The molecule has 1 saturated carbocycles. The van der Waals surface area contributed by atoms with Crippen LogP contribution in [0.25, 0.3) is 0 Å². The van der Waals surface area contributed by atoms with Crippen LogP contribution in [0.3, 0.4) is 0 Å². The van der Waals surface area contributed by atoms with Gasteiger partial charge in [0.25, 0.3) is 0 Å². The highest BCUT2D eigenvalue weighted by atomic mass is 35.5. The van der Waals surface area contributed by atoms with Gasteiger partial charge in [-0.2, -0.15) is 0 Å². The Labute approximate surface area is 98.4 Å². The molecule has 0 aromatic heterocycles. The summed E-state index contributed by atoms with van der Waals surface area (Å²) in [6.45, 7) is 0.673. The zero-order valence-electron chi connectivity index (χ0n) is 8.71. The third-order valence-corrected chi connectivity index (χ3v) is 3.15. The number of nitrogens with one attached hydrogen (secondary N) is 1. The van der Waals surface area contributed by atoms with Crippen molar-refractivity contribution in [2.75, 3.05) is 18.9 Å². The summed E-state index contributed by atoms with van der Waals surface area (Å²) in [7, 11) is 0. The summed E-state index contributed by atoms with van der Waals surface area (Å²) < 4.78 is 13.3. The van der Waals surface area contributed by atoms with Gasteiger partial charge in [0.05, 0.1) is 17.3 Å². The minimum absolute atomic E-state index is 0.00549. The fourth-order valence-corrected chi connectivity index (χ4v) is 2.07. The average Bonchev–Trinajstić information content (AvgIpc) is 3.01. The fourth-order valence-electron chi connectivity index (χ4n) is 1.86. The lowest BCUT2D eigenvalue weighted by Crippen LogP contribution is -2.21. The molecular formula is C11H14ClFN2O. The van der Waals surface area contributed by atoms with Crippen LogP contribution in [0.2, 0.25) is 5.02 Å². The van der Waals surface area contributed by atoms with Crippen LogP contribution in [0.1, 0.15) is 17.9 Å². The average molecular weight is 245 g/mol. The molecule has 1 fully saturated rings. The number of hydrogen-bond donors (Lipinski definition) is 3. The van der Waals surface area contributed by atoms with Gasteiger partial charge in [-0.05, 0) is 24.1 Å². The highest BCUT2D eigenvalue weighted by molar-refractivity contribution is 6.33. The summed E-state index contributed by atoms with van der Waals surface area (Å²) in [4.78, 5) is 0. The number of halogens is 2. The highest BCUT2D eigenvalue weighted by Gasteiger charge is 2.38. The van der Waals surface area contributed by atoms with Crippen LogP contribution in [-0.2, 0) is 0 Å². The molecule has 0 aliphatic heterocycles. The number of hydrogen-bond acceptors (Lipinski definition) is 3. The Morgan fingerprint density at radius 2 is 2.31 bits per heavy atom. The predicted molar refractivity (Wildman–Crippen MR) is 62.1 cm³/mol. The smallest absolute Gasteiger partial charge is 0.147 e. The van der Waals surface area contributed by atoms with Crippen LogP contribution >= 0.6 is 11.6 Å². The van der Waals surface area contributed by atoms with Crippen molar-refractivity contribution < 1.29 is 9.50 Å². The highest BCUT2D eigenvalue weighted by Crippen LogP contribution is 2.42. The summed E-state index contributed by atoms with van der Waals surface area (Å²) in [5.41, 5.74) is 6.30. The molecule has 1 aliphatic carbocycles. The number of nitrogen functional groups attached to an aromatic ring is 1. The van der Waals surface area contributed by atoms with E-state index in [0.29, 0.717) is 12.6 Å². The number of aliphatic hydroxyl groups excluding tert-OH is 1. The minimum Gasteiger partial charge on any atom is -0.395 e. The SMILES string of the molecule is Nc1c(F)cc(C2CC2NCCO)cc1Cl. The van der Waals surface area contributed by atoms with E-state index in [2.05, 4.69) is 5.32 Å². The van der Waals surface area contributed by atoms with Crippen LogP contribution in [0, 0.1) is 5.82 Å². The van der Waals surface area contributed by atoms with Crippen LogP contribution in [0.4, 0.5) is 10.1 Å². The quantitative estimate of drug-likeness (QED) is 0.704. The summed E-state index contributed by atoms with van der Waals surface area (Å²) in [6, 6.07) is 3.46. The summed E-state index contributed by atoms with van der Waals surface area (Å²) in [5, 5.41) is 12.1. The van der Waals surface area contributed by atoms with Gasteiger partial charge in [0.2, 0.25) is 0 Å². The van der Waals surface area contributed by atoms with Gasteiger partial charge in [0, 0.05) is 18.5 Å². The molecule has 0 bridgehead atoms. The molecule has 1 aromatic rings. The zero-order chi connectivity index (χ0) is 11.7. The van der Waals surface area contributed by atoms with Crippen molar-refractivity contribution in [3.63, 3.8) is 0 Å². The molecule has 16 heavy (non-hydrogen) atoms. The molecule has 0 spiro atoms. The van der Waals surface area contributed by atoms with Crippen molar-refractivity contribution in [1.29, 1.82) is 0 Å². The molecule has 5 heteroatoms. The van der Waals surface area contributed by atoms with E-state index in [9.17, 15) is 4.39 Å². The van der Waals surface area contributed by atoms with E-state index in [1.165, 1.54) is 6.07 Å². The van der Waals surface area contributed by atoms with E-state index in [0.717, 1.165) is 12.0 Å². The first kappa shape index (κ1) is 11.6. The number of anilines is 1. The van der Waals surface area contributed by atoms with Crippen molar-refractivity contribution in [2.45, 2.75) is 18.4 Å². The number of benzene rings is 1. The first-order chi connectivity index (χ1) is 7.63. The first-order valence-electron chi connectivity index (χ1n) is 5.22.